The zero-order valence-corrected chi connectivity index (χ0v) is 11.6. The van der Waals surface area contributed by atoms with Crippen molar-refractivity contribution in [1.82, 2.24) is 20.2 Å². The van der Waals surface area contributed by atoms with Crippen molar-refractivity contribution in [2.24, 2.45) is 0 Å². The molecule has 0 N–H and O–H groups in total. The number of nitrogens with zero attached hydrogens (tertiary/aromatic N) is 4. The van der Waals surface area contributed by atoms with E-state index in [2.05, 4.69) is 20.2 Å². The summed E-state index contributed by atoms with van der Waals surface area (Å²) in [4.78, 5) is 6.96. The summed E-state index contributed by atoms with van der Waals surface area (Å²) in [5, 5.41) is 7.94. The topological polar surface area (TPSA) is 68.2 Å². The van der Waals surface area contributed by atoms with Crippen molar-refractivity contribution in [2.45, 2.75) is 44.6 Å². The van der Waals surface area contributed by atoms with Gasteiger partial charge in [-0.25, -0.2) is 0 Å². The molecule has 0 bridgehead atoms. The molecular weight excluding hydrogens is 256 g/mol. The van der Waals surface area contributed by atoms with Crippen LogP contribution in [0.1, 0.15) is 54.1 Å². The van der Waals surface area contributed by atoms with Gasteiger partial charge in [0, 0.05) is 24.6 Å². The van der Waals surface area contributed by atoms with Crippen LogP contribution in [0.3, 0.4) is 0 Å². The van der Waals surface area contributed by atoms with E-state index in [1.165, 1.54) is 12.8 Å². The van der Waals surface area contributed by atoms with Crippen molar-refractivity contribution < 1.29 is 9.05 Å². The van der Waals surface area contributed by atoms with E-state index < -0.39 is 0 Å². The molecule has 3 heterocycles. The van der Waals surface area contributed by atoms with Gasteiger partial charge in [0.15, 0.2) is 5.82 Å². The van der Waals surface area contributed by atoms with Gasteiger partial charge in [0.05, 0.1) is 12.1 Å². The van der Waals surface area contributed by atoms with Crippen LogP contribution in [0.15, 0.2) is 15.2 Å². The zero-order valence-electron chi connectivity index (χ0n) is 11.6. The van der Waals surface area contributed by atoms with E-state index in [1.807, 2.05) is 6.92 Å². The van der Waals surface area contributed by atoms with Crippen LogP contribution in [0.5, 0.6) is 0 Å². The standard InChI is InChI=1S/C14H18N4O2/c1-9-12(6-15-19-9)8-18-5-4-11(7-18)14-16-13(17-20-14)10-2-3-10/h6,10-11H,2-5,7-8H2,1H3/t11-/m1/s1. The molecule has 1 atom stereocenters. The Morgan fingerprint density at radius 2 is 2.15 bits per heavy atom. The molecule has 1 saturated heterocycles. The van der Waals surface area contributed by atoms with Crippen LogP contribution in [0.4, 0.5) is 0 Å². The Kier molecular flexibility index (Phi) is 2.84. The number of likely N-dealkylation sites (tertiary alicyclic amines) is 1. The Labute approximate surface area is 117 Å². The van der Waals surface area contributed by atoms with E-state index in [0.717, 1.165) is 49.1 Å². The summed E-state index contributed by atoms with van der Waals surface area (Å²) >= 11 is 0. The lowest BCUT2D eigenvalue weighted by Gasteiger charge is -2.13. The van der Waals surface area contributed by atoms with Crippen LogP contribution in [0.2, 0.25) is 0 Å². The van der Waals surface area contributed by atoms with Crippen LogP contribution in [0, 0.1) is 6.92 Å². The van der Waals surface area contributed by atoms with E-state index >= 15 is 0 Å². The first-order chi connectivity index (χ1) is 9.79. The molecule has 1 saturated carbocycles. The van der Waals surface area contributed by atoms with E-state index in [1.54, 1.807) is 6.20 Å². The van der Waals surface area contributed by atoms with Gasteiger partial charge < -0.3 is 9.05 Å². The molecule has 2 aromatic rings. The average Bonchev–Trinajstić information content (AvgIpc) is 2.88. The second-order valence-electron chi connectivity index (χ2n) is 5.89. The third-order valence-electron chi connectivity index (χ3n) is 4.27. The van der Waals surface area contributed by atoms with Gasteiger partial charge in [-0.3, -0.25) is 4.90 Å². The van der Waals surface area contributed by atoms with Crippen molar-refractivity contribution in [2.75, 3.05) is 13.1 Å². The minimum Gasteiger partial charge on any atom is -0.361 e. The summed E-state index contributed by atoms with van der Waals surface area (Å²) in [7, 11) is 0. The Hall–Kier alpha value is -1.69. The van der Waals surface area contributed by atoms with Crippen molar-refractivity contribution in [1.29, 1.82) is 0 Å². The third kappa shape index (κ3) is 2.24. The van der Waals surface area contributed by atoms with Gasteiger partial charge in [-0.2, -0.15) is 4.98 Å². The summed E-state index contributed by atoms with van der Waals surface area (Å²) in [6, 6.07) is 0. The highest BCUT2D eigenvalue weighted by Crippen LogP contribution is 2.39. The molecule has 1 aliphatic heterocycles. The van der Waals surface area contributed by atoms with Gasteiger partial charge in [0.2, 0.25) is 5.89 Å². The van der Waals surface area contributed by atoms with Gasteiger partial charge in [0.1, 0.15) is 5.76 Å². The Morgan fingerprint density at radius 1 is 1.25 bits per heavy atom. The van der Waals surface area contributed by atoms with Crippen LogP contribution < -0.4 is 0 Å². The van der Waals surface area contributed by atoms with Gasteiger partial charge in [0.25, 0.3) is 0 Å². The Morgan fingerprint density at radius 3 is 2.90 bits per heavy atom. The quantitative estimate of drug-likeness (QED) is 0.851. The fourth-order valence-corrected chi connectivity index (χ4v) is 2.81. The maximum atomic E-state index is 5.44. The average molecular weight is 274 g/mol. The molecule has 0 unspecified atom stereocenters. The van der Waals surface area contributed by atoms with Crippen molar-refractivity contribution in [3.63, 3.8) is 0 Å². The largest absolute Gasteiger partial charge is 0.361 e. The van der Waals surface area contributed by atoms with Gasteiger partial charge in [-0.15, -0.1) is 0 Å². The molecule has 4 rings (SSSR count). The second kappa shape index (κ2) is 4.70. The Balaban J connectivity index is 1.40. The van der Waals surface area contributed by atoms with Crippen LogP contribution in [-0.4, -0.2) is 33.3 Å². The molecule has 106 valence electrons. The predicted octanol–water partition coefficient (Wildman–Crippen LogP) is 2.23. The first-order valence-electron chi connectivity index (χ1n) is 7.25. The molecule has 0 radical (unpaired) electrons. The lowest BCUT2D eigenvalue weighted by atomic mass is 10.1. The molecule has 6 nitrogen and oxygen atoms in total. The first kappa shape index (κ1) is 12.1. The normalized spacial score (nSPS) is 23.6. The molecule has 20 heavy (non-hydrogen) atoms. The lowest BCUT2D eigenvalue weighted by Crippen LogP contribution is -2.19. The minimum atomic E-state index is 0.371. The van der Waals surface area contributed by atoms with Crippen molar-refractivity contribution in [3.05, 3.63) is 29.2 Å². The molecule has 2 fully saturated rings. The molecular formula is C14H18N4O2. The summed E-state index contributed by atoms with van der Waals surface area (Å²) in [5.41, 5.74) is 1.16. The smallest absolute Gasteiger partial charge is 0.231 e. The fraction of sp³-hybridized carbons (Fsp3) is 0.643. The van der Waals surface area contributed by atoms with E-state index in [-0.39, 0.29) is 0 Å². The molecule has 0 amide bonds. The first-order valence-corrected chi connectivity index (χ1v) is 7.25. The summed E-state index contributed by atoms with van der Waals surface area (Å²) in [6.07, 6.45) is 5.31. The SMILES string of the molecule is Cc1oncc1CN1CC[C@@H](c2nc(C3CC3)no2)C1. The van der Waals surface area contributed by atoms with Crippen LogP contribution >= 0.6 is 0 Å². The number of rotatable bonds is 4. The number of aryl methyl sites for hydroxylation is 1. The van der Waals surface area contributed by atoms with E-state index in [0.29, 0.717) is 11.8 Å². The highest BCUT2D eigenvalue weighted by atomic mass is 16.5. The molecule has 6 heteroatoms. The van der Waals surface area contributed by atoms with Crippen molar-refractivity contribution >= 4 is 0 Å². The molecule has 2 aliphatic rings. The molecule has 2 aromatic heterocycles. The maximum absolute atomic E-state index is 5.44. The van der Waals surface area contributed by atoms with Crippen LogP contribution in [0.25, 0.3) is 0 Å². The molecule has 0 aromatic carbocycles. The number of aromatic nitrogens is 3. The maximum Gasteiger partial charge on any atom is 0.231 e. The minimum absolute atomic E-state index is 0.371. The second-order valence-corrected chi connectivity index (χ2v) is 5.89. The highest BCUT2D eigenvalue weighted by molar-refractivity contribution is 5.12. The predicted molar refractivity (Wildman–Crippen MR) is 70.1 cm³/mol. The summed E-state index contributed by atoms with van der Waals surface area (Å²) in [5.74, 6) is 3.56. The summed E-state index contributed by atoms with van der Waals surface area (Å²) in [6.45, 7) is 4.86. The number of hydrogen-bond donors (Lipinski definition) is 0. The molecule has 0 spiro atoms. The van der Waals surface area contributed by atoms with Gasteiger partial charge in [-0.05, 0) is 32.7 Å². The Bertz CT molecular complexity index is 602. The third-order valence-corrected chi connectivity index (χ3v) is 4.27. The number of hydrogen-bond acceptors (Lipinski definition) is 6. The molecule has 1 aliphatic carbocycles. The van der Waals surface area contributed by atoms with E-state index in [4.69, 9.17) is 9.05 Å². The van der Waals surface area contributed by atoms with Crippen molar-refractivity contribution in [3.8, 4) is 0 Å². The fourth-order valence-electron chi connectivity index (χ4n) is 2.81. The highest BCUT2D eigenvalue weighted by Gasteiger charge is 2.32. The lowest BCUT2D eigenvalue weighted by molar-refractivity contribution is 0.306. The van der Waals surface area contributed by atoms with Crippen LogP contribution in [-0.2, 0) is 6.54 Å². The van der Waals surface area contributed by atoms with Gasteiger partial charge >= 0.3 is 0 Å². The zero-order chi connectivity index (χ0) is 13.5. The monoisotopic (exact) mass is 274 g/mol. The summed E-state index contributed by atoms with van der Waals surface area (Å²) < 4.78 is 10.5. The van der Waals surface area contributed by atoms with E-state index in [9.17, 15) is 0 Å². The van der Waals surface area contributed by atoms with Gasteiger partial charge in [-0.1, -0.05) is 10.3 Å².